The molecule has 1 aliphatic rings. The Hall–Kier alpha value is -3.69. The van der Waals surface area contributed by atoms with Gasteiger partial charge in [0.05, 0.1) is 17.7 Å². The highest BCUT2D eigenvalue weighted by Gasteiger charge is 2.30. The molecule has 3 aromatic carbocycles. The largest absolute Gasteiger partial charge is 0.495 e. The average molecular weight is 499 g/mol. The molecule has 34 heavy (non-hydrogen) atoms. The molecule has 0 unspecified atom stereocenters. The van der Waals surface area contributed by atoms with Crippen LogP contribution in [0.1, 0.15) is 0 Å². The summed E-state index contributed by atoms with van der Waals surface area (Å²) in [6.07, 6.45) is 0. The van der Waals surface area contributed by atoms with Gasteiger partial charge in [-0.1, -0.05) is 23.7 Å². The fraction of sp³-hybridized carbons (Fsp3) is 0.125. The number of aromatic nitrogens is 1. The van der Waals surface area contributed by atoms with Crippen molar-refractivity contribution >= 4 is 33.0 Å². The number of ether oxygens (including phenoxy) is 3. The lowest BCUT2D eigenvalue weighted by Crippen LogP contribution is -2.16. The van der Waals surface area contributed by atoms with Crippen LogP contribution in [0.25, 0.3) is 11.5 Å². The first kappa shape index (κ1) is 22.1. The molecule has 4 aromatic rings. The second-order valence-corrected chi connectivity index (χ2v) is 9.60. The molecule has 2 heterocycles. The Bertz CT molecular complexity index is 1450. The van der Waals surface area contributed by atoms with Crippen LogP contribution in [0.15, 0.2) is 81.1 Å². The molecule has 0 atom stereocenters. The van der Waals surface area contributed by atoms with E-state index in [2.05, 4.69) is 10.3 Å². The minimum absolute atomic E-state index is 0.00390. The van der Waals surface area contributed by atoms with E-state index in [1.807, 2.05) is 0 Å². The minimum atomic E-state index is -4.11. The van der Waals surface area contributed by atoms with Crippen LogP contribution in [0.4, 0.5) is 11.6 Å². The molecule has 1 aromatic heterocycles. The van der Waals surface area contributed by atoms with Crippen LogP contribution in [-0.4, -0.2) is 33.7 Å². The van der Waals surface area contributed by atoms with Gasteiger partial charge < -0.3 is 23.9 Å². The molecule has 0 spiro atoms. The molecule has 0 fully saturated rings. The Morgan fingerprint density at radius 1 is 0.971 bits per heavy atom. The van der Waals surface area contributed by atoms with E-state index >= 15 is 0 Å². The topological polar surface area (TPSA) is 99.9 Å². The third-order valence-corrected chi connectivity index (χ3v) is 7.03. The number of oxazole rings is 1. The number of methoxy groups -OCH3 is 1. The van der Waals surface area contributed by atoms with Crippen molar-refractivity contribution in [2.45, 2.75) is 9.92 Å². The van der Waals surface area contributed by atoms with Gasteiger partial charge in [-0.15, -0.1) is 0 Å². The number of sulfone groups is 1. The zero-order valence-electron chi connectivity index (χ0n) is 17.9. The Morgan fingerprint density at radius 2 is 1.71 bits per heavy atom. The molecule has 0 amide bonds. The maximum atomic E-state index is 13.7. The van der Waals surface area contributed by atoms with Gasteiger partial charge in [-0.05, 0) is 48.5 Å². The van der Waals surface area contributed by atoms with Gasteiger partial charge in [-0.25, -0.2) is 8.42 Å². The van der Waals surface area contributed by atoms with Crippen LogP contribution >= 0.6 is 11.6 Å². The molecule has 1 N–H and O–H groups in total. The van der Waals surface area contributed by atoms with E-state index in [9.17, 15) is 8.42 Å². The number of hydrogen-bond acceptors (Lipinski definition) is 8. The summed E-state index contributed by atoms with van der Waals surface area (Å²) < 4.78 is 49.7. The van der Waals surface area contributed by atoms with E-state index in [0.29, 0.717) is 46.7 Å². The third-order valence-electron chi connectivity index (χ3n) is 5.12. The molecular weight excluding hydrogens is 480 g/mol. The highest BCUT2D eigenvalue weighted by atomic mass is 35.5. The van der Waals surface area contributed by atoms with Crippen molar-refractivity contribution < 1.29 is 27.0 Å². The van der Waals surface area contributed by atoms with Crippen LogP contribution in [0, 0.1) is 0 Å². The summed E-state index contributed by atoms with van der Waals surface area (Å²) in [5.74, 6) is 1.41. The van der Waals surface area contributed by atoms with Crippen molar-refractivity contribution in [1.82, 2.24) is 4.98 Å². The van der Waals surface area contributed by atoms with Gasteiger partial charge in [0.15, 0.2) is 11.5 Å². The van der Waals surface area contributed by atoms with Crippen molar-refractivity contribution in [3.8, 4) is 28.7 Å². The average Bonchev–Trinajstić information content (AvgIpc) is 3.29. The molecule has 1 aliphatic heterocycles. The number of anilines is 2. The number of nitrogens with zero attached hydrogens (tertiary/aromatic N) is 1. The fourth-order valence-corrected chi connectivity index (χ4v) is 4.85. The summed E-state index contributed by atoms with van der Waals surface area (Å²) in [4.78, 5) is 4.34. The van der Waals surface area contributed by atoms with Crippen LogP contribution in [-0.2, 0) is 9.84 Å². The van der Waals surface area contributed by atoms with E-state index in [-0.39, 0.29) is 21.7 Å². The lowest BCUT2D eigenvalue weighted by Gasteiger charge is -2.18. The molecule has 0 radical (unpaired) electrons. The summed E-state index contributed by atoms with van der Waals surface area (Å²) in [7, 11) is -2.59. The van der Waals surface area contributed by atoms with Crippen LogP contribution in [0.5, 0.6) is 17.2 Å². The minimum Gasteiger partial charge on any atom is -0.495 e. The molecule has 0 aliphatic carbocycles. The maximum Gasteiger partial charge on any atom is 0.238 e. The highest BCUT2D eigenvalue weighted by molar-refractivity contribution is 7.91. The zero-order chi connectivity index (χ0) is 23.7. The second-order valence-electron chi connectivity index (χ2n) is 7.29. The molecule has 0 saturated carbocycles. The van der Waals surface area contributed by atoms with Gasteiger partial charge in [0.1, 0.15) is 19.0 Å². The van der Waals surface area contributed by atoms with Crippen molar-refractivity contribution in [1.29, 1.82) is 0 Å². The summed E-state index contributed by atoms with van der Waals surface area (Å²) in [6.45, 7) is 0.738. The van der Waals surface area contributed by atoms with Crippen molar-refractivity contribution in [3.05, 3.63) is 71.8 Å². The maximum absolute atomic E-state index is 13.7. The van der Waals surface area contributed by atoms with E-state index in [1.165, 1.54) is 19.2 Å². The van der Waals surface area contributed by atoms with Crippen LogP contribution in [0.3, 0.4) is 0 Å². The zero-order valence-corrected chi connectivity index (χ0v) is 19.5. The predicted molar refractivity (Wildman–Crippen MR) is 126 cm³/mol. The molecule has 8 nitrogen and oxygen atoms in total. The number of fused-ring (bicyclic) bond motifs is 1. The van der Waals surface area contributed by atoms with E-state index in [1.54, 1.807) is 54.6 Å². The highest BCUT2D eigenvalue weighted by Crippen LogP contribution is 2.39. The summed E-state index contributed by atoms with van der Waals surface area (Å²) >= 11 is 5.99. The molecule has 0 saturated heterocycles. The third kappa shape index (κ3) is 4.15. The number of halogens is 1. The quantitative estimate of drug-likeness (QED) is 0.379. The first-order chi connectivity index (χ1) is 16.5. The van der Waals surface area contributed by atoms with Gasteiger partial charge >= 0.3 is 0 Å². The van der Waals surface area contributed by atoms with Gasteiger partial charge in [-0.3, -0.25) is 0 Å². The standard InChI is InChI=1S/C24H19ClN2O6S/c1-30-19-5-3-2-4-18(19)26-23-24(27-22(33-23)15-6-8-16(25)9-7-15)34(28,29)17-10-11-20-21(14-17)32-13-12-31-20/h2-11,14,26H,12-13H2,1H3. The van der Waals surface area contributed by atoms with Gasteiger partial charge in [0.25, 0.3) is 0 Å². The molecule has 0 bridgehead atoms. The monoisotopic (exact) mass is 498 g/mol. The summed E-state index contributed by atoms with van der Waals surface area (Å²) in [5, 5.41) is 3.27. The number of rotatable bonds is 6. The van der Waals surface area contributed by atoms with E-state index in [4.69, 9.17) is 30.2 Å². The Labute approximate surface area is 201 Å². The Kier molecular flexibility index (Phi) is 5.80. The Balaban J connectivity index is 1.63. The number of nitrogens with one attached hydrogen (secondary N) is 1. The van der Waals surface area contributed by atoms with Crippen molar-refractivity contribution in [2.24, 2.45) is 0 Å². The second kappa shape index (κ2) is 8.92. The molecular formula is C24H19ClN2O6S. The van der Waals surface area contributed by atoms with E-state index < -0.39 is 9.84 Å². The lowest BCUT2D eigenvalue weighted by molar-refractivity contribution is 0.171. The molecule has 5 rings (SSSR count). The molecule has 10 heteroatoms. The predicted octanol–water partition coefficient (Wildman–Crippen LogP) is 5.35. The lowest BCUT2D eigenvalue weighted by atomic mass is 10.2. The van der Waals surface area contributed by atoms with Crippen molar-refractivity contribution in [2.75, 3.05) is 25.6 Å². The summed E-state index contributed by atoms with van der Waals surface area (Å²) in [5.41, 5.74) is 1.08. The van der Waals surface area contributed by atoms with Crippen LogP contribution < -0.4 is 19.5 Å². The van der Waals surface area contributed by atoms with E-state index in [0.717, 1.165) is 0 Å². The first-order valence-corrected chi connectivity index (χ1v) is 12.1. The molecule has 174 valence electrons. The normalized spacial score (nSPS) is 12.9. The number of benzene rings is 3. The van der Waals surface area contributed by atoms with Crippen LogP contribution in [0.2, 0.25) is 5.02 Å². The number of hydrogen-bond donors (Lipinski definition) is 1. The van der Waals surface area contributed by atoms with Gasteiger partial charge in [0, 0.05) is 16.7 Å². The smallest absolute Gasteiger partial charge is 0.238 e. The first-order valence-electron chi connectivity index (χ1n) is 10.3. The van der Waals surface area contributed by atoms with Gasteiger partial charge in [-0.2, -0.15) is 4.98 Å². The fourth-order valence-electron chi connectivity index (χ4n) is 3.46. The Morgan fingerprint density at radius 3 is 2.47 bits per heavy atom. The number of para-hydroxylation sites is 2. The SMILES string of the molecule is COc1ccccc1Nc1oc(-c2ccc(Cl)cc2)nc1S(=O)(=O)c1ccc2c(c1)OCCO2. The van der Waals surface area contributed by atoms with Gasteiger partial charge in [0.2, 0.25) is 26.6 Å². The van der Waals surface area contributed by atoms with Crippen molar-refractivity contribution in [3.63, 3.8) is 0 Å². The summed E-state index contributed by atoms with van der Waals surface area (Å²) in [6, 6.07) is 18.2.